The third-order valence-electron chi connectivity index (χ3n) is 18.0. The van der Waals surface area contributed by atoms with Crippen molar-refractivity contribution < 1.29 is 152 Å². The zero-order valence-electron chi connectivity index (χ0n) is 48.6. The van der Waals surface area contributed by atoms with Crippen LogP contribution in [0.15, 0.2) is 0 Å². The largest absolute Gasteiger partial charge is 0.479 e. The zero-order valence-corrected chi connectivity index (χ0v) is 48.6. The molecule has 0 aromatic rings. The van der Waals surface area contributed by atoms with E-state index in [0.717, 1.165) is 25.7 Å². The predicted octanol–water partition coefficient (Wildman–Crippen LogP) is -4.64. The quantitative estimate of drug-likeness (QED) is 0.0286. The topological polar surface area (TPSA) is 475 Å². The fourth-order valence-corrected chi connectivity index (χ4v) is 12.6. The molecule has 0 bridgehead atoms. The third-order valence-corrected chi connectivity index (χ3v) is 18.0. The highest BCUT2D eigenvalue weighted by Crippen LogP contribution is 2.46. The van der Waals surface area contributed by atoms with Crippen molar-refractivity contribution in [1.82, 2.24) is 5.32 Å². The lowest BCUT2D eigenvalue weighted by molar-refractivity contribution is -0.384. The second-order valence-corrected chi connectivity index (χ2v) is 24.5. The number of aliphatic hydroxyl groups is 12. The number of aliphatic carboxylic acids is 1. The minimum Gasteiger partial charge on any atom is -0.479 e. The van der Waals surface area contributed by atoms with Gasteiger partial charge in [0.15, 0.2) is 62.7 Å². The van der Waals surface area contributed by atoms with Crippen LogP contribution in [0.1, 0.15) is 116 Å². The molecule has 9 aliphatic heterocycles. The molecule has 504 valence electrons. The van der Waals surface area contributed by atoms with Crippen LogP contribution in [0, 0.1) is 5.92 Å². The van der Waals surface area contributed by atoms with Crippen LogP contribution in [0.5, 0.6) is 0 Å². The SMILES string of the molecule is O=C(CCCCC(=O)C1CCCCCCCCCCC1)NCCCCCO[C@@H]1OC2O[C@@H]2C(O[C@@H]2OC3O[C@@H]3C(O[C@@H]3OC(CO)[C@@H](O[C@H]4OC5O[C@@H]5C(O)C4O)C(O)C3O)C2O[C@H]2OC(CO[C@H]3OC(C(=O)O)[C@@H](O)C(O)C3O)[C@@H](O)C(O)C2O)C1O. The lowest BCUT2D eigenvalue weighted by Crippen LogP contribution is -2.65. The van der Waals surface area contributed by atoms with E-state index in [1.807, 2.05) is 0 Å². The van der Waals surface area contributed by atoms with Crippen molar-refractivity contribution in [3.8, 4) is 0 Å². The van der Waals surface area contributed by atoms with E-state index >= 15 is 0 Å². The van der Waals surface area contributed by atoms with Crippen LogP contribution in [0.4, 0.5) is 0 Å². The van der Waals surface area contributed by atoms with Crippen molar-refractivity contribution in [3.05, 3.63) is 0 Å². The van der Waals surface area contributed by atoms with Gasteiger partial charge in [-0.1, -0.05) is 57.8 Å². The van der Waals surface area contributed by atoms with E-state index < -0.39 is 204 Å². The summed E-state index contributed by atoms with van der Waals surface area (Å²) in [5.74, 6) is -1.36. The van der Waals surface area contributed by atoms with Gasteiger partial charge in [0, 0.05) is 31.9 Å². The molecular weight excluding hydrogens is 1180 g/mol. The molecule has 1 amide bonds. The number of carbonyl (C=O) groups excluding carboxylic acids is 2. The minimum atomic E-state index is -2.12. The van der Waals surface area contributed by atoms with Crippen molar-refractivity contribution in [3.63, 3.8) is 0 Å². The molecule has 0 aromatic carbocycles. The Morgan fingerprint density at radius 2 is 0.920 bits per heavy atom. The number of hydrogen-bond acceptors (Lipinski definition) is 30. The summed E-state index contributed by atoms with van der Waals surface area (Å²) < 4.78 is 87.3. The van der Waals surface area contributed by atoms with E-state index in [-0.39, 0.29) is 18.4 Å². The van der Waals surface area contributed by atoms with Crippen LogP contribution in [0.2, 0.25) is 0 Å². The molecule has 32 heteroatoms. The fraction of sp³-hybridized carbons (Fsp3) is 0.946. The Bertz CT molecular complexity index is 2210. The maximum Gasteiger partial charge on any atom is 0.335 e. The first kappa shape index (κ1) is 68.4. The van der Waals surface area contributed by atoms with E-state index in [0.29, 0.717) is 57.3 Å². The van der Waals surface area contributed by atoms with Crippen molar-refractivity contribution in [2.75, 3.05) is 26.4 Å². The number of ether oxygens (including phenoxy) is 15. The summed E-state index contributed by atoms with van der Waals surface area (Å²) in [5, 5.41) is 143. The van der Waals surface area contributed by atoms with E-state index in [1.54, 1.807) is 0 Å². The average molecular weight is 1270 g/mol. The smallest absolute Gasteiger partial charge is 0.335 e. The van der Waals surface area contributed by atoms with Gasteiger partial charge in [0.1, 0.15) is 128 Å². The highest BCUT2D eigenvalue weighted by molar-refractivity contribution is 5.81. The molecule has 30 atom stereocenters. The Morgan fingerprint density at radius 3 is 1.60 bits per heavy atom. The third kappa shape index (κ3) is 16.5. The molecule has 10 rings (SSSR count). The van der Waals surface area contributed by atoms with Gasteiger partial charge in [0.05, 0.1) is 13.2 Å². The van der Waals surface area contributed by atoms with Crippen LogP contribution in [-0.4, -0.2) is 295 Å². The van der Waals surface area contributed by atoms with Gasteiger partial charge < -0.3 is 143 Å². The van der Waals surface area contributed by atoms with Crippen LogP contribution < -0.4 is 5.32 Å². The second kappa shape index (κ2) is 31.2. The van der Waals surface area contributed by atoms with Crippen molar-refractivity contribution >= 4 is 17.7 Å². The molecule has 0 aromatic heterocycles. The van der Waals surface area contributed by atoms with Gasteiger partial charge in [-0.05, 0) is 44.9 Å². The first-order chi connectivity index (χ1) is 42.3. The van der Waals surface area contributed by atoms with Gasteiger partial charge in [-0.2, -0.15) is 0 Å². The summed E-state index contributed by atoms with van der Waals surface area (Å²) in [6, 6.07) is 0. The fourth-order valence-electron chi connectivity index (χ4n) is 12.6. The van der Waals surface area contributed by atoms with E-state index in [2.05, 4.69) is 5.32 Å². The number of carboxylic acid groups (broad SMARTS) is 1. The lowest BCUT2D eigenvalue weighted by Gasteiger charge is -2.47. The Kier molecular flexibility index (Phi) is 24.2. The first-order valence-corrected chi connectivity index (χ1v) is 31.2. The van der Waals surface area contributed by atoms with Crippen LogP contribution in [-0.2, 0) is 85.4 Å². The summed E-state index contributed by atoms with van der Waals surface area (Å²) in [5.41, 5.74) is 0. The standard InChI is InChI=1S/C56H89NO31/c58-21-25-39(78-52-37(70)33(66)42-53(81-42)87-52)32(65)36(69)51(76-25)82-43-45(83-50-35(68)29(62)28(61)26(77-50)22-75-48-34(67)30(63)31(64)41(80-48)47(72)73)55(88-56-46(43)85-56)79-40-38(71)49(86-54-44(40)84-54)74-20-14-8-13-19-57-27(60)18-12-11-17-24(59)23-15-9-6-4-2-1-3-5-7-10-16-23/h23,25-26,28-46,48-56,58,61-71H,1-22H2,(H,57,60)(H,72,73)/t25?,26?,28-,29?,30?,31+,32?,33?,34?,35?,36?,37?,38?,39-,40?,41?,42-,43?,44-,45?,46-,48+,49-,50-,51+,52+,53?,54?,55-,56?/m1/s1. The summed E-state index contributed by atoms with van der Waals surface area (Å²) in [4.78, 5) is 37.5. The Balaban J connectivity index is 0.746. The molecule has 10 aliphatic rings. The Hall–Kier alpha value is -2.47. The number of aliphatic hydroxyl groups excluding tert-OH is 12. The van der Waals surface area contributed by atoms with E-state index in [1.165, 1.54) is 44.9 Å². The average Bonchev–Trinajstić information content (AvgIpc) is 2.96. The number of Topliss-reactive ketones (excluding diaryl/α,β-unsaturated/α-hetero) is 1. The molecule has 18 unspecified atom stereocenters. The van der Waals surface area contributed by atoms with E-state index in [9.17, 15) is 80.8 Å². The monoisotopic (exact) mass is 1270 g/mol. The highest BCUT2D eigenvalue weighted by Gasteiger charge is 2.66. The molecule has 32 nitrogen and oxygen atoms in total. The molecule has 0 spiro atoms. The molecular formula is C56H89NO31. The van der Waals surface area contributed by atoms with Gasteiger partial charge >= 0.3 is 5.97 Å². The number of carboxylic acids is 1. The minimum absolute atomic E-state index is 0.0892. The second-order valence-electron chi connectivity index (χ2n) is 24.5. The number of fused-ring (bicyclic) bond motifs is 3. The number of nitrogens with one attached hydrogen (secondary N) is 1. The zero-order chi connectivity index (χ0) is 62.5. The van der Waals surface area contributed by atoms with Crippen molar-refractivity contribution in [2.24, 2.45) is 5.92 Å². The molecule has 9 saturated heterocycles. The summed E-state index contributed by atoms with van der Waals surface area (Å²) >= 11 is 0. The summed E-state index contributed by atoms with van der Waals surface area (Å²) in [7, 11) is 0. The molecule has 9 heterocycles. The number of rotatable bonds is 26. The van der Waals surface area contributed by atoms with Crippen LogP contribution in [0.25, 0.3) is 0 Å². The van der Waals surface area contributed by atoms with Gasteiger partial charge in [-0.25, -0.2) is 4.79 Å². The van der Waals surface area contributed by atoms with E-state index in [4.69, 9.17) is 71.1 Å². The first-order valence-electron chi connectivity index (χ1n) is 31.2. The van der Waals surface area contributed by atoms with Gasteiger partial charge in [0.25, 0.3) is 0 Å². The van der Waals surface area contributed by atoms with Gasteiger partial charge in [-0.3, -0.25) is 9.59 Å². The normalized spacial score (nSPS) is 46.4. The number of unbranched alkanes of at least 4 members (excludes halogenated alkanes) is 3. The number of ketones is 1. The van der Waals surface area contributed by atoms with Crippen LogP contribution in [0.3, 0.4) is 0 Å². The van der Waals surface area contributed by atoms with Gasteiger partial charge in [0.2, 0.25) is 5.91 Å². The Morgan fingerprint density at radius 1 is 0.409 bits per heavy atom. The Labute approximate surface area is 506 Å². The number of amides is 1. The number of epoxide rings is 3. The molecule has 14 N–H and O–H groups in total. The lowest BCUT2D eigenvalue weighted by atomic mass is 9.88. The maximum absolute atomic E-state index is 13.1. The maximum atomic E-state index is 13.1. The van der Waals surface area contributed by atoms with Gasteiger partial charge in [-0.15, -0.1) is 0 Å². The van der Waals surface area contributed by atoms with Crippen molar-refractivity contribution in [2.45, 2.75) is 300 Å². The number of carbonyl (C=O) groups is 3. The predicted molar refractivity (Wildman–Crippen MR) is 283 cm³/mol. The number of hydrogen-bond donors (Lipinski definition) is 14. The van der Waals surface area contributed by atoms with Crippen LogP contribution >= 0.6 is 0 Å². The molecule has 0 radical (unpaired) electrons. The summed E-state index contributed by atoms with van der Waals surface area (Å²) in [6.45, 7) is -1.21. The molecule has 1 saturated carbocycles. The summed E-state index contributed by atoms with van der Waals surface area (Å²) in [6.07, 6.45) is -32.4. The molecule has 88 heavy (non-hydrogen) atoms. The van der Waals surface area contributed by atoms with Crippen molar-refractivity contribution in [1.29, 1.82) is 0 Å². The molecule has 10 fully saturated rings. The highest BCUT2D eigenvalue weighted by atomic mass is 16.9. The molecule has 1 aliphatic carbocycles.